The van der Waals surface area contributed by atoms with Crippen LogP contribution in [0.3, 0.4) is 0 Å². The van der Waals surface area contributed by atoms with Crippen LogP contribution in [0.15, 0.2) is 9.98 Å². The third kappa shape index (κ3) is 1.32. The van der Waals surface area contributed by atoms with Crippen LogP contribution < -0.4 is 5.73 Å². The number of hydrogen-bond acceptors (Lipinski definition) is 5. The van der Waals surface area contributed by atoms with Crippen molar-refractivity contribution in [2.24, 2.45) is 15.7 Å². The standard InChI is InChI=1S/C4H7N3O2S/c1-10(8,9)3-2-6-4(5)7-3/h2-3H,1H3,(H2,5,7). The Morgan fingerprint density at radius 1 is 1.70 bits per heavy atom. The van der Waals surface area contributed by atoms with Crippen LogP contribution in [-0.2, 0) is 9.84 Å². The van der Waals surface area contributed by atoms with Crippen molar-refractivity contribution in [1.82, 2.24) is 0 Å². The summed E-state index contributed by atoms with van der Waals surface area (Å²) in [5.74, 6) is 0.0235. The fraction of sp³-hybridized carbons (Fsp3) is 0.500. The van der Waals surface area contributed by atoms with E-state index >= 15 is 0 Å². The van der Waals surface area contributed by atoms with Crippen molar-refractivity contribution >= 4 is 22.0 Å². The van der Waals surface area contributed by atoms with Gasteiger partial charge in [-0.05, 0) is 0 Å². The van der Waals surface area contributed by atoms with E-state index in [9.17, 15) is 8.42 Å². The minimum atomic E-state index is -3.15. The highest BCUT2D eigenvalue weighted by atomic mass is 32.2. The number of sulfone groups is 1. The number of aliphatic imine (C=N–C) groups is 2. The van der Waals surface area contributed by atoms with Crippen molar-refractivity contribution in [3.63, 3.8) is 0 Å². The second-order valence-corrected chi connectivity index (χ2v) is 4.13. The Hall–Kier alpha value is -0.910. The maximum absolute atomic E-state index is 10.7. The van der Waals surface area contributed by atoms with Crippen molar-refractivity contribution in [3.05, 3.63) is 0 Å². The molecule has 0 aromatic carbocycles. The van der Waals surface area contributed by atoms with Gasteiger partial charge in [0.1, 0.15) is 0 Å². The van der Waals surface area contributed by atoms with E-state index in [-0.39, 0.29) is 5.96 Å². The molecule has 1 rings (SSSR count). The Morgan fingerprint density at radius 3 is 2.50 bits per heavy atom. The van der Waals surface area contributed by atoms with Gasteiger partial charge < -0.3 is 5.73 Å². The van der Waals surface area contributed by atoms with Crippen molar-refractivity contribution in [2.45, 2.75) is 5.37 Å². The first kappa shape index (κ1) is 7.20. The van der Waals surface area contributed by atoms with Crippen molar-refractivity contribution < 1.29 is 8.42 Å². The predicted molar refractivity (Wildman–Crippen MR) is 38.7 cm³/mol. The molecule has 0 fully saturated rings. The topological polar surface area (TPSA) is 84.9 Å². The molecule has 1 unspecified atom stereocenters. The lowest BCUT2D eigenvalue weighted by Gasteiger charge is -1.96. The van der Waals surface area contributed by atoms with Gasteiger partial charge in [-0.1, -0.05) is 0 Å². The zero-order valence-corrected chi connectivity index (χ0v) is 6.17. The SMILES string of the molecule is CS(=O)(=O)C1C=NC(N)=N1. The van der Waals surface area contributed by atoms with E-state index in [1.165, 1.54) is 6.21 Å². The van der Waals surface area contributed by atoms with Gasteiger partial charge in [0, 0.05) is 12.5 Å². The number of rotatable bonds is 1. The molecular weight excluding hydrogens is 154 g/mol. The molecule has 1 heterocycles. The van der Waals surface area contributed by atoms with Crippen LogP contribution in [0.4, 0.5) is 0 Å². The largest absolute Gasteiger partial charge is 0.368 e. The minimum absolute atomic E-state index is 0.0235. The average molecular weight is 161 g/mol. The molecule has 0 spiro atoms. The smallest absolute Gasteiger partial charge is 0.216 e. The molecule has 1 aliphatic heterocycles. The molecule has 0 aliphatic carbocycles. The molecule has 0 bridgehead atoms. The Balaban J connectivity index is 2.93. The fourth-order valence-corrected chi connectivity index (χ4v) is 1.12. The molecule has 0 saturated heterocycles. The minimum Gasteiger partial charge on any atom is -0.368 e. The summed E-state index contributed by atoms with van der Waals surface area (Å²) in [6.45, 7) is 0. The summed E-state index contributed by atoms with van der Waals surface area (Å²) in [4.78, 5) is 7.05. The molecular formula is C4H7N3O2S. The highest BCUT2D eigenvalue weighted by Crippen LogP contribution is 2.02. The lowest BCUT2D eigenvalue weighted by Crippen LogP contribution is -2.17. The number of nitrogens with zero attached hydrogens (tertiary/aromatic N) is 2. The Labute approximate surface area is 58.6 Å². The summed E-state index contributed by atoms with van der Waals surface area (Å²) in [6, 6.07) is 0. The van der Waals surface area contributed by atoms with Crippen LogP contribution in [0.1, 0.15) is 0 Å². The molecule has 10 heavy (non-hydrogen) atoms. The van der Waals surface area contributed by atoms with Crippen molar-refractivity contribution in [3.8, 4) is 0 Å². The van der Waals surface area contributed by atoms with E-state index in [0.717, 1.165) is 6.26 Å². The van der Waals surface area contributed by atoms with Crippen LogP contribution in [0, 0.1) is 0 Å². The van der Waals surface area contributed by atoms with Crippen molar-refractivity contribution in [1.29, 1.82) is 0 Å². The van der Waals surface area contributed by atoms with Crippen molar-refractivity contribution in [2.75, 3.05) is 6.26 Å². The lowest BCUT2D eigenvalue weighted by molar-refractivity contribution is 0.598. The Morgan fingerprint density at radius 2 is 2.30 bits per heavy atom. The molecule has 0 aromatic heterocycles. The fourth-order valence-electron chi connectivity index (χ4n) is 0.543. The van der Waals surface area contributed by atoms with E-state index in [1.54, 1.807) is 0 Å². The molecule has 0 amide bonds. The highest BCUT2D eigenvalue weighted by molar-refractivity contribution is 7.92. The van der Waals surface area contributed by atoms with Gasteiger partial charge in [0.25, 0.3) is 0 Å². The van der Waals surface area contributed by atoms with E-state index in [0.29, 0.717) is 0 Å². The third-order valence-corrected chi connectivity index (χ3v) is 2.14. The number of guanidine groups is 1. The van der Waals surface area contributed by atoms with E-state index in [1.807, 2.05) is 0 Å². The van der Waals surface area contributed by atoms with Crippen LogP contribution in [0.25, 0.3) is 0 Å². The zero-order chi connectivity index (χ0) is 7.78. The van der Waals surface area contributed by atoms with Gasteiger partial charge in [-0.15, -0.1) is 0 Å². The Bertz CT molecular complexity index is 290. The normalized spacial score (nSPS) is 24.9. The summed E-state index contributed by atoms with van der Waals surface area (Å²) < 4.78 is 21.5. The van der Waals surface area contributed by atoms with Gasteiger partial charge >= 0.3 is 0 Å². The molecule has 0 aromatic rings. The Kier molecular flexibility index (Phi) is 1.47. The van der Waals surface area contributed by atoms with Crippen LogP contribution in [-0.4, -0.2) is 32.2 Å². The molecule has 0 radical (unpaired) electrons. The van der Waals surface area contributed by atoms with E-state index < -0.39 is 15.2 Å². The maximum atomic E-state index is 10.7. The van der Waals surface area contributed by atoms with Gasteiger partial charge in [0.15, 0.2) is 15.2 Å². The van der Waals surface area contributed by atoms with E-state index in [4.69, 9.17) is 5.73 Å². The lowest BCUT2D eigenvalue weighted by atomic mass is 10.8. The van der Waals surface area contributed by atoms with Gasteiger partial charge in [-0.3, -0.25) is 0 Å². The molecule has 2 N–H and O–H groups in total. The zero-order valence-electron chi connectivity index (χ0n) is 5.35. The molecule has 56 valence electrons. The van der Waals surface area contributed by atoms with Gasteiger partial charge in [-0.25, -0.2) is 18.4 Å². The van der Waals surface area contributed by atoms with Gasteiger partial charge in [0.2, 0.25) is 5.96 Å². The van der Waals surface area contributed by atoms with Crippen LogP contribution in [0.5, 0.6) is 0 Å². The van der Waals surface area contributed by atoms with Gasteiger partial charge in [0.05, 0.1) is 0 Å². The van der Waals surface area contributed by atoms with Gasteiger partial charge in [-0.2, -0.15) is 0 Å². The summed E-state index contributed by atoms with van der Waals surface area (Å²) in [5.41, 5.74) is 5.11. The molecule has 6 heteroatoms. The maximum Gasteiger partial charge on any atom is 0.216 e. The summed E-state index contributed by atoms with van der Waals surface area (Å²) in [5, 5.41) is -0.868. The first-order valence-electron chi connectivity index (χ1n) is 2.56. The summed E-state index contributed by atoms with van der Waals surface area (Å²) in [6.07, 6.45) is 2.30. The summed E-state index contributed by atoms with van der Waals surface area (Å²) >= 11 is 0. The predicted octanol–water partition coefficient (Wildman–Crippen LogP) is -1.24. The second kappa shape index (κ2) is 2.05. The highest BCUT2D eigenvalue weighted by Gasteiger charge is 2.20. The number of hydrogen-bond donors (Lipinski definition) is 1. The van der Waals surface area contributed by atoms with Crippen LogP contribution in [0.2, 0.25) is 0 Å². The first-order chi connectivity index (χ1) is 4.50. The average Bonchev–Trinajstić information content (AvgIpc) is 2.11. The second-order valence-electron chi connectivity index (χ2n) is 1.99. The number of nitrogens with two attached hydrogens (primary N) is 1. The van der Waals surface area contributed by atoms with Crippen LogP contribution >= 0.6 is 0 Å². The molecule has 0 saturated carbocycles. The molecule has 5 nitrogen and oxygen atoms in total. The molecule has 1 aliphatic rings. The third-order valence-electron chi connectivity index (χ3n) is 1.03. The quantitative estimate of drug-likeness (QED) is 0.521. The monoisotopic (exact) mass is 161 g/mol. The summed E-state index contributed by atoms with van der Waals surface area (Å²) in [7, 11) is -3.15. The molecule has 1 atom stereocenters. The first-order valence-corrected chi connectivity index (χ1v) is 4.52. The van der Waals surface area contributed by atoms with E-state index in [2.05, 4.69) is 9.98 Å².